The van der Waals surface area contributed by atoms with Crippen molar-refractivity contribution >= 4 is 17.9 Å². The zero-order chi connectivity index (χ0) is 21.6. The van der Waals surface area contributed by atoms with Crippen LogP contribution in [0.15, 0.2) is 37.4 Å². The van der Waals surface area contributed by atoms with Gasteiger partial charge in [0.2, 0.25) is 5.75 Å². The average Bonchev–Trinajstić information content (AvgIpc) is 2.71. The van der Waals surface area contributed by atoms with E-state index in [9.17, 15) is 19.5 Å². The lowest BCUT2D eigenvalue weighted by molar-refractivity contribution is -0.131. The Labute approximate surface area is 171 Å². The predicted molar refractivity (Wildman–Crippen MR) is 109 cm³/mol. The van der Waals surface area contributed by atoms with Gasteiger partial charge in [0.05, 0.1) is 6.61 Å². The van der Waals surface area contributed by atoms with E-state index in [1.54, 1.807) is 0 Å². The molecule has 1 rings (SSSR count). The van der Waals surface area contributed by atoms with Crippen molar-refractivity contribution in [1.29, 1.82) is 0 Å². The van der Waals surface area contributed by atoms with Gasteiger partial charge < -0.3 is 19.3 Å². The molecular formula is C22H28O7. The SMILES string of the molecule is C=CC(=O)Oc1ccc(C(=O)O)c(OCCCCCCCCC)c1OC(=O)C=C. The van der Waals surface area contributed by atoms with Gasteiger partial charge in [-0.15, -0.1) is 0 Å². The van der Waals surface area contributed by atoms with Gasteiger partial charge in [0, 0.05) is 12.2 Å². The molecule has 0 aliphatic rings. The number of rotatable bonds is 14. The Bertz CT molecular complexity index is 737. The number of hydrogen-bond acceptors (Lipinski definition) is 6. The maximum absolute atomic E-state index is 11.7. The normalized spacial score (nSPS) is 10.1. The molecule has 0 unspecified atom stereocenters. The minimum atomic E-state index is -1.27. The van der Waals surface area contributed by atoms with Crippen LogP contribution in [0.25, 0.3) is 0 Å². The van der Waals surface area contributed by atoms with Crippen LogP contribution in [-0.2, 0) is 9.59 Å². The molecule has 0 aliphatic carbocycles. The topological polar surface area (TPSA) is 99.1 Å². The molecule has 1 N–H and O–H groups in total. The first-order chi connectivity index (χ1) is 13.9. The maximum atomic E-state index is 11.7. The number of esters is 2. The Morgan fingerprint density at radius 3 is 2.07 bits per heavy atom. The number of carboxylic acids is 1. The summed E-state index contributed by atoms with van der Waals surface area (Å²) in [5.74, 6) is -3.51. The van der Waals surface area contributed by atoms with Crippen molar-refractivity contribution < 1.29 is 33.7 Å². The number of ether oxygens (including phenoxy) is 3. The largest absolute Gasteiger partial charge is 0.489 e. The Morgan fingerprint density at radius 1 is 0.897 bits per heavy atom. The maximum Gasteiger partial charge on any atom is 0.339 e. The number of unbranched alkanes of at least 4 members (excludes halogenated alkanes) is 6. The van der Waals surface area contributed by atoms with Crippen LogP contribution in [0.2, 0.25) is 0 Å². The monoisotopic (exact) mass is 404 g/mol. The van der Waals surface area contributed by atoms with E-state index in [0.29, 0.717) is 6.42 Å². The number of carboxylic acid groups (broad SMARTS) is 1. The van der Waals surface area contributed by atoms with Crippen LogP contribution < -0.4 is 14.2 Å². The highest BCUT2D eigenvalue weighted by atomic mass is 16.6. The quantitative estimate of drug-likeness (QED) is 0.208. The first-order valence-electron chi connectivity index (χ1n) is 9.66. The Kier molecular flexibility index (Phi) is 10.9. The van der Waals surface area contributed by atoms with Crippen LogP contribution in [0.4, 0.5) is 0 Å². The van der Waals surface area contributed by atoms with E-state index in [1.807, 2.05) is 0 Å². The van der Waals surface area contributed by atoms with Gasteiger partial charge in [0.25, 0.3) is 0 Å². The number of benzene rings is 1. The first kappa shape index (κ1) is 23.9. The second kappa shape index (κ2) is 13.1. The molecule has 0 bridgehead atoms. The molecule has 0 spiro atoms. The smallest absolute Gasteiger partial charge is 0.339 e. The number of carbonyl (C=O) groups excluding carboxylic acids is 2. The van der Waals surface area contributed by atoms with Crippen LogP contribution in [-0.4, -0.2) is 29.6 Å². The third-order valence-electron chi connectivity index (χ3n) is 4.05. The summed E-state index contributed by atoms with van der Waals surface area (Å²) in [7, 11) is 0. The van der Waals surface area contributed by atoms with E-state index >= 15 is 0 Å². The van der Waals surface area contributed by atoms with Crippen molar-refractivity contribution in [1.82, 2.24) is 0 Å². The number of hydrogen-bond donors (Lipinski definition) is 1. The Hall–Kier alpha value is -3.09. The Balaban J connectivity index is 2.99. The highest BCUT2D eigenvalue weighted by Gasteiger charge is 2.24. The van der Waals surface area contributed by atoms with Crippen molar-refractivity contribution in [3.63, 3.8) is 0 Å². The van der Waals surface area contributed by atoms with Crippen LogP contribution in [0.1, 0.15) is 62.2 Å². The lowest BCUT2D eigenvalue weighted by Gasteiger charge is -2.16. The zero-order valence-electron chi connectivity index (χ0n) is 16.8. The van der Waals surface area contributed by atoms with Gasteiger partial charge in [-0.2, -0.15) is 0 Å². The van der Waals surface area contributed by atoms with Crippen LogP contribution in [0.3, 0.4) is 0 Å². The van der Waals surface area contributed by atoms with Gasteiger partial charge >= 0.3 is 17.9 Å². The van der Waals surface area contributed by atoms with E-state index in [2.05, 4.69) is 20.1 Å². The fraction of sp³-hybridized carbons (Fsp3) is 0.409. The van der Waals surface area contributed by atoms with Gasteiger partial charge in [-0.3, -0.25) is 0 Å². The summed E-state index contributed by atoms with van der Waals surface area (Å²) in [6.45, 7) is 9.00. The molecule has 7 heteroatoms. The van der Waals surface area contributed by atoms with E-state index in [-0.39, 0.29) is 29.4 Å². The molecule has 29 heavy (non-hydrogen) atoms. The molecule has 0 saturated carbocycles. The molecule has 1 aromatic carbocycles. The summed E-state index contributed by atoms with van der Waals surface area (Å²) in [6, 6.07) is 2.44. The summed E-state index contributed by atoms with van der Waals surface area (Å²) < 4.78 is 15.8. The molecule has 1 aromatic rings. The van der Waals surface area contributed by atoms with Gasteiger partial charge in [-0.05, 0) is 18.6 Å². The minimum Gasteiger partial charge on any atom is -0.489 e. The molecule has 0 fully saturated rings. The second-order valence-electron chi connectivity index (χ2n) is 6.29. The van der Waals surface area contributed by atoms with E-state index < -0.39 is 17.9 Å². The summed E-state index contributed by atoms with van der Waals surface area (Å²) in [5, 5.41) is 9.46. The lowest BCUT2D eigenvalue weighted by atomic mass is 10.1. The van der Waals surface area contributed by atoms with E-state index in [0.717, 1.165) is 31.4 Å². The zero-order valence-corrected chi connectivity index (χ0v) is 16.8. The molecule has 0 heterocycles. The van der Waals surface area contributed by atoms with Crippen molar-refractivity contribution in [2.45, 2.75) is 51.9 Å². The molecule has 0 aromatic heterocycles. The molecule has 158 valence electrons. The van der Waals surface area contributed by atoms with Gasteiger partial charge in [0.1, 0.15) is 5.56 Å². The average molecular weight is 404 g/mol. The molecule has 0 atom stereocenters. The fourth-order valence-electron chi connectivity index (χ4n) is 2.56. The van der Waals surface area contributed by atoms with Crippen LogP contribution in [0.5, 0.6) is 17.2 Å². The number of aromatic carboxylic acids is 1. The van der Waals surface area contributed by atoms with Gasteiger partial charge in [-0.1, -0.05) is 58.6 Å². The highest BCUT2D eigenvalue weighted by Crippen LogP contribution is 2.41. The first-order valence-corrected chi connectivity index (χ1v) is 9.66. The predicted octanol–water partition coefficient (Wildman–Crippen LogP) is 4.70. The molecule has 0 aliphatic heterocycles. The molecule has 0 saturated heterocycles. The highest BCUT2D eigenvalue weighted by molar-refractivity contribution is 5.94. The van der Waals surface area contributed by atoms with Crippen molar-refractivity contribution in [2.24, 2.45) is 0 Å². The molecule has 0 amide bonds. The summed E-state index contributed by atoms with van der Waals surface area (Å²) in [6.07, 6.45) is 9.27. The summed E-state index contributed by atoms with van der Waals surface area (Å²) >= 11 is 0. The third-order valence-corrected chi connectivity index (χ3v) is 4.05. The molecule has 7 nitrogen and oxygen atoms in total. The second-order valence-corrected chi connectivity index (χ2v) is 6.29. The van der Waals surface area contributed by atoms with E-state index in [4.69, 9.17) is 14.2 Å². The van der Waals surface area contributed by atoms with Crippen molar-refractivity contribution in [3.05, 3.63) is 43.0 Å². The van der Waals surface area contributed by atoms with Crippen molar-refractivity contribution in [3.8, 4) is 17.2 Å². The van der Waals surface area contributed by atoms with Crippen LogP contribution in [0, 0.1) is 0 Å². The lowest BCUT2D eigenvalue weighted by Crippen LogP contribution is -2.13. The van der Waals surface area contributed by atoms with Gasteiger partial charge in [-0.25, -0.2) is 14.4 Å². The van der Waals surface area contributed by atoms with E-state index in [1.165, 1.54) is 31.4 Å². The third kappa shape index (κ3) is 8.21. The fourth-order valence-corrected chi connectivity index (χ4v) is 2.56. The molecular weight excluding hydrogens is 376 g/mol. The summed E-state index contributed by atoms with van der Waals surface area (Å²) in [5.41, 5.74) is -0.210. The number of carbonyl (C=O) groups is 3. The van der Waals surface area contributed by atoms with Crippen molar-refractivity contribution in [2.75, 3.05) is 6.61 Å². The molecule has 0 radical (unpaired) electrons. The summed E-state index contributed by atoms with van der Waals surface area (Å²) in [4.78, 5) is 34.9. The van der Waals surface area contributed by atoms with Crippen LogP contribution >= 0.6 is 0 Å². The minimum absolute atomic E-state index is 0.148. The van der Waals surface area contributed by atoms with Gasteiger partial charge in [0.15, 0.2) is 11.5 Å². The Morgan fingerprint density at radius 2 is 1.48 bits per heavy atom. The standard InChI is InChI=1S/C22H28O7/c1-4-7-8-9-10-11-12-15-27-20-16(22(25)26)13-14-17(28-18(23)5-2)21(20)29-19(24)6-3/h5-6,13-14H,2-4,7-12,15H2,1H3,(H,25,26).